The van der Waals surface area contributed by atoms with E-state index in [1.165, 1.54) is 25.3 Å². The summed E-state index contributed by atoms with van der Waals surface area (Å²) in [6, 6.07) is 4.49. The van der Waals surface area contributed by atoms with Crippen LogP contribution in [0, 0.1) is 11.3 Å². The van der Waals surface area contributed by atoms with Crippen LogP contribution in [0.5, 0.6) is 11.5 Å². The van der Waals surface area contributed by atoms with Gasteiger partial charge in [0.1, 0.15) is 17.6 Å². The molecule has 0 aliphatic heterocycles. The number of allylic oxidation sites excluding steroid dienone is 4. The Labute approximate surface area is 105 Å². The summed E-state index contributed by atoms with van der Waals surface area (Å²) in [5, 5.41) is 18.6. The molecule has 0 radical (unpaired) electrons. The quantitative estimate of drug-likeness (QED) is 0.501. The molecule has 0 aromatic heterocycles. The number of ether oxygens (including phenoxy) is 1. The van der Waals surface area contributed by atoms with Gasteiger partial charge in [-0.1, -0.05) is 18.2 Å². The van der Waals surface area contributed by atoms with Crippen LogP contribution in [0.4, 0.5) is 0 Å². The average Bonchev–Trinajstić information content (AvgIpc) is 2.38. The van der Waals surface area contributed by atoms with Gasteiger partial charge >= 0.3 is 0 Å². The van der Waals surface area contributed by atoms with Gasteiger partial charge in [0, 0.05) is 6.07 Å². The number of methoxy groups -OCH3 is 1. The summed E-state index contributed by atoms with van der Waals surface area (Å²) in [5.74, 6) is -0.338. The Balaban J connectivity index is 3.18. The van der Waals surface area contributed by atoms with E-state index in [2.05, 4.69) is 0 Å². The summed E-state index contributed by atoms with van der Waals surface area (Å²) in [6.07, 6.45) is 6.36. The first kappa shape index (κ1) is 13.5. The lowest BCUT2D eigenvalue weighted by molar-refractivity contribution is 0.104. The Kier molecular flexibility index (Phi) is 4.70. The largest absolute Gasteiger partial charge is 0.507 e. The van der Waals surface area contributed by atoms with Gasteiger partial charge in [0.2, 0.25) is 0 Å². The van der Waals surface area contributed by atoms with Crippen LogP contribution in [-0.2, 0) is 0 Å². The smallest absolute Gasteiger partial charge is 0.189 e. The van der Waals surface area contributed by atoms with E-state index in [-0.39, 0.29) is 28.4 Å². The molecule has 0 amide bonds. The fourth-order valence-corrected chi connectivity index (χ4v) is 1.37. The van der Waals surface area contributed by atoms with Gasteiger partial charge < -0.3 is 9.84 Å². The van der Waals surface area contributed by atoms with Crippen LogP contribution in [0.15, 0.2) is 36.4 Å². The molecule has 0 spiro atoms. The molecule has 0 atom stereocenters. The highest BCUT2D eigenvalue weighted by molar-refractivity contribution is 6.07. The van der Waals surface area contributed by atoms with Crippen molar-refractivity contribution in [3.63, 3.8) is 0 Å². The zero-order valence-electron chi connectivity index (χ0n) is 10.2. The zero-order chi connectivity index (χ0) is 13.5. The fraction of sp³-hybridized carbons (Fsp3) is 0.143. The second kappa shape index (κ2) is 6.26. The summed E-state index contributed by atoms with van der Waals surface area (Å²) in [7, 11) is 1.39. The summed E-state index contributed by atoms with van der Waals surface area (Å²) in [4.78, 5) is 11.8. The van der Waals surface area contributed by atoms with E-state index in [1.807, 2.05) is 13.0 Å². The molecule has 0 fully saturated rings. The standard InChI is InChI=1S/C14H13NO3/c1-3-4-5-6-12(16)11-7-10(9-15)14(18-2)8-13(11)17/h3-8,17H,1-2H3. The van der Waals surface area contributed by atoms with E-state index in [0.717, 1.165) is 0 Å². The van der Waals surface area contributed by atoms with Crippen molar-refractivity contribution >= 4 is 5.78 Å². The molecule has 0 aliphatic rings. The number of ketones is 1. The molecule has 1 aromatic rings. The van der Waals surface area contributed by atoms with Crippen LogP contribution in [0.2, 0.25) is 0 Å². The van der Waals surface area contributed by atoms with Crippen molar-refractivity contribution in [2.45, 2.75) is 6.92 Å². The molecule has 1 N–H and O–H groups in total. The number of phenols is 1. The van der Waals surface area contributed by atoms with Crippen LogP contribution < -0.4 is 4.74 Å². The Morgan fingerprint density at radius 1 is 1.44 bits per heavy atom. The van der Waals surface area contributed by atoms with Crippen LogP contribution in [0.25, 0.3) is 0 Å². The van der Waals surface area contributed by atoms with Crippen LogP contribution in [0.1, 0.15) is 22.8 Å². The molecule has 0 saturated heterocycles. The normalized spacial score (nSPS) is 10.7. The molecule has 0 bridgehead atoms. The third-order valence-electron chi connectivity index (χ3n) is 2.25. The Morgan fingerprint density at radius 3 is 2.72 bits per heavy atom. The number of carbonyl (C=O) groups is 1. The minimum absolute atomic E-state index is 0.0769. The maximum Gasteiger partial charge on any atom is 0.189 e. The highest BCUT2D eigenvalue weighted by Gasteiger charge is 2.13. The van der Waals surface area contributed by atoms with Crippen LogP contribution in [-0.4, -0.2) is 18.0 Å². The van der Waals surface area contributed by atoms with Crippen LogP contribution in [0.3, 0.4) is 0 Å². The summed E-state index contributed by atoms with van der Waals surface area (Å²) in [5.41, 5.74) is 0.284. The van der Waals surface area contributed by atoms with Gasteiger partial charge in [-0.2, -0.15) is 5.26 Å². The first-order valence-electron chi connectivity index (χ1n) is 5.28. The molecule has 0 heterocycles. The molecule has 0 unspecified atom stereocenters. The van der Waals surface area contributed by atoms with Crippen LogP contribution >= 0.6 is 0 Å². The number of aromatic hydroxyl groups is 1. The highest BCUT2D eigenvalue weighted by atomic mass is 16.5. The van der Waals surface area contributed by atoms with E-state index >= 15 is 0 Å². The van der Waals surface area contributed by atoms with Crippen molar-refractivity contribution in [3.05, 3.63) is 47.6 Å². The molecule has 92 valence electrons. The molecule has 4 nitrogen and oxygen atoms in total. The van der Waals surface area contributed by atoms with E-state index in [0.29, 0.717) is 0 Å². The minimum atomic E-state index is -0.371. The first-order valence-corrected chi connectivity index (χ1v) is 5.28. The first-order chi connectivity index (χ1) is 8.63. The third kappa shape index (κ3) is 2.98. The number of carbonyl (C=O) groups excluding carboxylic acids is 1. The molecule has 4 heteroatoms. The number of nitriles is 1. The molecule has 18 heavy (non-hydrogen) atoms. The van der Waals surface area contributed by atoms with Gasteiger partial charge in [-0.3, -0.25) is 4.79 Å². The minimum Gasteiger partial charge on any atom is -0.507 e. The van der Waals surface area contributed by atoms with E-state index in [9.17, 15) is 9.90 Å². The molecular formula is C14H13NO3. The fourth-order valence-electron chi connectivity index (χ4n) is 1.37. The van der Waals surface area contributed by atoms with Crippen molar-refractivity contribution in [3.8, 4) is 17.6 Å². The second-order valence-corrected chi connectivity index (χ2v) is 3.43. The number of hydrogen-bond donors (Lipinski definition) is 1. The van der Waals surface area contributed by atoms with Crippen molar-refractivity contribution in [2.75, 3.05) is 7.11 Å². The van der Waals surface area contributed by atoms with Gasteiger partial charge in [-0.15, -0.1) is 0 Å². The lowest BCUT2D eigenvalue weighted by Gasteiger charge is -2.06. The van der Waals surface area contributed by atoms with Crippen molar-refractivity contribution < 1.29 is 14.6 Å². The molecule has 0 aliphatic carbocycles. The third-order valence-corrected chi connectivity index (χ3v) is 2.25. The molecule has 1 aromatic carbocycles. The topological polar surface area (TPSA) is 70.3 Å². The Hall–Kier alpha value is -2.54. The number of benzene rings is 1. The Morgan fingerprint density at radius 2 is 2.17 bits per heavy atom. The maximum atomic E-state index is 11.8. The molecular weight excluding hydrogens is 230 g/mol. The van der Waals surface area contributed by atoms with Crippen molar-refractivity contribution in [2.24, 2.45) is 0 Å². The van der Waals surface area contributed by atoms with Gasteiger partial charge in [-0.05, 0) is 19.1 Å². The van der Waals surface area contributed by atoms with Gasteiger partial charge in [0.15, 0.2) is 5.78 Å². The predicted octanol–water partition coefficient (Wildman–Crippen LogP) is 2.59. The van der Waals surface area contributed by atoms with Gasteiger partial charge in [0.25, 0.3) is 0 Å². The number of hydrogen-bond acceptors (Lipinski definition) is 4. The average molecular weight is 243 g/mol. The second-order valence-electron chi connectivity index (χ2n) is 3.43. The number of nitrogens with zero attached hydrogens (tertiary/aromatic N) is 1. The van der Waals surface area contributed by atoms with Crippen molar-refractivity contribution in [1.82, 2.24) is 0 Å². The lowest BCUT2D eigenvalue weighted by atomic mass is 10.0. The lowest BCUT2D eigenvalue weighted by Crippen LogP contribution is -1.98. The van der Waals surface area contributed by atoms with Crippen molar-refractivity contribution in [1.29, 1.82) is 5.26 Å². The van der Waals surface area contributed by atoms with Gasteiger partial charge in [0.05, 0.1) is 18.2 Å². The number of rotatable bonds is 4. The van der Waals surface area contributed by atoms with E-state index in [4.69, 9.17) is 10.00 Å². The SMILES string of the molecule is CC=CC=CC(=O)c1cc(C#N)c(OC)cc1O. The zero-order valence-corrected chi connectivity index (χ0v) is 10.2. The number of phenolic OH excluding ortho intramolecular Hbond substituents is 1. The maximum absolute atomic E-state index is 11.8. The summed E-state index contributed by atoms with van der Waals surface area (Å²) in [6.45, 7) is 1.83. The monoisotopic (exact) mass is 243 g/mol. The molecule has 1 rings (SSSR count). The molecule has 0 saturated carbocycles. The highest BCUT2D eigenvalue weighted by Crippen LogP contribution is 2.28. The summed E-state index contributed by atoms with van der Waals surface area (Å²) >= 11 is 0. The summed E-state index contributed by atoms with van der Waals surface area (Å²) < 4.78 is 4.93. The predicted molar refractivity (Wildman–Crippen MR) is 67.7 cm³/mol. The van der Waals surface area contributed by atoms with E-state index < -0.39 is 0 Å². The Bertz CT molecular complexity index is 551. The van der Waals surface area contributed by atoms with E-state index in [1.54, 1.807) is 18.2 Å². The van der Waals surface area contributed by atoms with Gasteiger partial charge in [-0.25, -0.2) is 0 Å².